The second kappa shape index (κ2) is 8.95. The van der Waals surface area contributed by atoms with Gasteiger partial charge in [-0.05, 0) is 47.0 Å². The van der Waals surface area contributed by atoms with Crippen molar-refractivity contribution >= 4 is 34.3 Å². The van der Waals surface area contributed by atoms with E-state index in [1.54, 1.807) is 11.0 Å². The molecule has 2 aromatic rings. The van der Waals surface area contributed by atoms with Crippen LogP contribution < -0.4 is 5.32 Å². The summed E-state index contributed by atoms with van der Waals surface area (Å²) in [5.74, 6) is 0.682. The molecule has 1 amide bonds. The van der Waals surface area contributed by atoms with Crippen LogP contribution in [0.15, 0.2) is 12.3 Å². The van der Waals surface area contributed by atoms with Crippen molar-refractivity contribution in [2.24, 2.45) is 0 Å². The molecule has 1 aliphatic heterocycles. The quantitative estimate of drug-likeness (QED) is 0.714. The average molecular weight is 434 g/mol. The summed E-state index contributed by atoms with van der Waals surface area (Å²) < 4.78 is 10.3. The van der Waals surface area contributed by atoms with Crippen LogP contribution in [0.25, 0.3) is 0 Å². The molecule has 1 N–H and O–H groups in total. The first-order valence-electron chi connectivity index (χ1n) is 9.82. The fraction of sp³-hybridized carbons (Fsp3) is 0.550. The zero-order valence-electron chi connectivity index (χ0n) is 17.9. The predicted octanol–water partition coefficient (Wildman–Crippen LogP) is 4.23. The van der Waals surface area contributed by atoms with Crippen molar-refractivity contribution < 1.29 is 19.1 Å². The molecule has 162 valence electrons. The van der Waals surface area contributed by atoms with Crippen LogP contribution in [-0.4, -0.2) is 51.2 Å². The molecule has 3 rings (SSSR count). The summed E-state index contributed by atoms with van der Waals surface area (Å²) in [6.07, 6.45) is 3.78. The molecule has 1 saturated heterocycles. The molecule has 3 heterocycles. The number of carbonyl (C=O) groups is 2. The van der Waals surface area contributed by atoms with Gasteiger partial charge in [-0.25, -0.2) is 24.5 Å². The monoisotopic (exact) mass is 433 g/mol. The maximum atomic E-state index is 12.7. The number of thiazole rings is 1. The zero-order valence-corrected chi connectivity index (χ0v) is 18.7. The van der Waals surface area contributed by atoms with Crippen molar-refractivity contribution in [1.82, 2.24) is 19.9 Å². The molecule has 10 heteroatoms. The number of hydrogen-bond donors (Lipinski definition) is 1. The number of methoxy groups -OCH3 is 1. The van der Waals surface area contributed by atoms with Gasteiger partial charge >= 0.3 is 12.1 Å². The summed E-state index contributed by atoms with van der Waals surface area (Å²) in [7, 11) is 1.33. The molecular weight excluding hydrogens is 406 g/mol. The van der Waals surface area contributed by atoms with Crippen LogP contribution in [0.3, 0.4) is 0 Å². The third kappa shape index (κ3) is 5.44. The molecule has 1 atom stereocenters. The normalized spacial score (nSPS) is 16.8. The second-order valence-corrected chi connectivity index (χ2v) is 9.11. The number of amides is 1. The Morgan fingerprint density at radius 2 is 2.03 bits per heavy atom. The van der Waals surface area contributed by atoms with E-state index in [0.717, 1.165) is 25.0 Å². The van der Waals surface area contributed by atoms with E-state index < -0.39 is 11.6 Å². The Morgan fingerprint density at radius 1 is 1.27 bits per heavy atom. The van der Waals surface area contributed by atoms with Gasteiger partial charge in [-0.1, -0.05) is 11.3 Å². The molecule has 9 nitrogen and oxygen atoms in total. The highest BCUT2D eigenvalue weighted by atomic mass is 32.1. The van der Waals surface area contributed by atoms with Crippen LogP contribution in [0, 0.1) is 6.92 Å². The van der Waals surface area contributed by atoms with E-state index in [-0.39, 0.29) is 12.1 Å². The fourth-order valence-corrected chi connectivity index (χ4v) is 3.92. The maximum absolute atomic E-state index is 12.7. The summed E-state index contributed by atoms with van der Waals surface area (Å²) in [5.41, 5.74) is 0.198. The molecule has 0 bridgehead atoms. The van der Waals surface area contributed by atoms with Crippen molar-refractivity contribution in [3.8, 4) is 0 Å². The van der Waals surface area contributed by atoms with Gasteiger partial charge in [0.2, 0.25) is 0 Å². The maximum Gasteiger partial charge on any atom is 0.410 e. The van der Waals surface area contributed by atoms with Gasteiger partial charge in [0.05, 0.1) is 19.3 Å². The molecule has 0 aliphatic carbocycles. The van der Waals surface area contributed by atoms with Crippen LogP contribution in [0.1, 0.15) is 67.3 Å². The molecular formula is C20H27N5O4S. The highest BCUT2D eigenvalue weighted by Gasteiger charge is 2.33. The number of ether oxygens (including phenoxy) is 2. The van der Waals surface area contributed by atoms with Gasteiger partial charge in [0, 0.05) is 18.3 Å². The Balaban J connectivity index is 1.83. The standard InChI is InChI=1S/C20H27N5O4S/c1-12-10-15(24-18-21-11-14(30-18)17(26)28-5)23-16(22-12)13-8-6-7-9-25(13)19(27)29-20(2,3)4/h10-11,13H,6-9H2,1-5H3,(H,21,22,23,24). The number of anilines is 2. The first kappa shape index (κ1) is 21.9. The molecule has 0 aromatic carbocycles. The summed E-state index contributed by atoms with van der Waals surface area (Å²) in [6.45, 7) is 8.04. The van der Waals surface area contributed by atoms with Crippen LogP contribution in [0.4, 0.5) is 15.7 Å². The molecule has 1 aliphatic rings. The van der Waals surface area contributed by atoms with Gasteiger partial charge in [-0.2, -0.15) is 0 Å². The van der Waals surface area contributed by atoms with E-state index in [4.69, 9.17) is 9.47 Å². The Kier molecular flexibility index (Phi) is 6.55. The lowest BCUT2D eigenvalue weighted by Crippen LogP contribution is -2.42. The van der Waals surface area contributed by atoms with Crippen LogP contribution >= 0.6 is 11.3 Å². The minimum atomic E-state index is -0.568. The Hall–Kier alpha value is -2.75. The van der Waals surface area contributed by atoms with Gasteiger partial charge in [-0.15, -0.1) is 0 Å². The summed E-state index contributed by atoms with van der Waals surface area (Å²) in [5, 5.41) is 3.64. The number of likely N-dealkylation sites (tertiary alicyclic amines) is 1. The fourth-order valence-electron chi connectivity index (χ4n) is 3.18. The summed E-state index contributed by atoms with van der Waals surface area (Å²) in [6, 6.07) is 1.54. The van der Waals surface area contributed by atoms with E-state index in [2.05, 4.69) is 20.3 Å². The number of aromatic nitrogens is 3. The SMILES string of the molecule is COC(=O)c1cnc(Nc2cc(C)nc(C3CCCCN3C(=O)OC(C)(C)C)n2)s1. The lowest BCUT2D eigenvalue weighted by Gasteiger charge is -2.36. The molecule has 1 fully saturated rings. The highest BCUT2D eigenvalue weighted by molar-refractivity contribution is 7.17. The lowest BCUT2D eigenvalue weighted by molar-refractivity contribution is 0.00841. The third-order valence-corrected chi connectivity index (χ3v) is 5.32. The average Bonchev–Trinajstić information content (AvgIpc) is 3.14. The molecule has 0 radical (unpaired) electrons. The van der Waals surface area contributed by atoms with Crippen molar-refractivity contribution in [1.29, 1.82) is 0 Å². The van der Waals surface area contributed by atoms with Crippen molar-refractivity contribution in [2.75, 3.05) is 19.0 Å². The molecule has 30 heavy (non-hydrogen) atoms. The van der Waals surface area contributed by atoms with Crippen molar-refractivity contribution in [3.05, 3.63) is 28.7 Å². The Morgan fingerprint density at radius 3 is 2.73 bits per heavy atom. The first-order valence-corrected chi connectivity index (χ1v) is 10.6. The molecule has 2 aromatic heterocycles. The smallest absolute Gasteiger partial charge is 0.410 e. The van der Waals surface area contributed by atoms with E-state index in [1.165, 1.54) is 24.6 Å². The Labute approximate surface area is 179 Å². The molecule has 0 saturated carbocycles. The number of rotatable bonds is 4. The van der Waals surface area contributed by atoms with Crippen molar-refractivity contribution in [2.45, 2.75) is 58.6 Å². The van der Waals surface area contributed by atoms with E-state index >= 15 is 0 Å². The number of hydrogen-bond acceptors (Lipinski definition) is 9. The number of nitrogens with zero attached hydrogens (tertiary/aromatic N) is 4. The van der Waals surface area contributed by atoms with Gasteiger partial charge < -0.3 is 14.8 Å². The van der Waals surface area contributed by atoms with Gasteiger partial charge in [0.25, 0.3) is 0 Å². The lowest BCUT2D eigenvalue weighted by atomic mass is 10.0. The van der Waals surface area contributed by atoms with Crippen LogP contribution in [-0.2, 0) is 9.47 Å². The largest absolute Gasteiger partial charge is 0.465 e. The minimum Gasteiger partial charge on any atom is -0.465 e. The number of esters is 1. The third-order valence-electron chi connectivity index (χ3n) is 4.43. The number of aryl methyl sites for hydroxylation is 1. The van der Waals surface area contributed by atoms with E-state index in [9.17, 15) is 9.59 Å². The number of piperidine rings is 1. The number of nitrogens with one attached hydrogen (secondary N) is 1. The molecule has 0 spiro atoms. The topological polar surface area (TPSA) is 107 Å². The van der Waals surface area contributed by atoms with Gasteiger partial charge in [0.1, 0.15) is 16.3 Å². The first-order chi connectivity index (χ1) is 14.2. The van der Waals surface area contributed by atoms with Crippen molar-refractivity contribution in [3.63, 3.8) is 0 Å². The van der Waals surface area contributed by atoms with Crippen LogP contribution in [0.5, 0.6) is 0 Å². The number of carbonyl (C=O) groups excluding carboxylic acids is 2. The van der Waals surface area contributed by atoms with E-state index in [1.807, 2.05) is 27.7 Å². The Bertz CT molecular complexity index is 924. The van der Waals surface area contributed by atoms with Crippen LogP contribution in [0.2, 0.25) is 0 Å². The highest BCUT2D eigenvalue weighted by Crippen LogP contribution is 2.32. The predicted molar refractivity (Wildman–Crippen MR) is 113 cm³/mol. The zero-order chi connectivity index (χ0) is 21.9. The summed E-state index contributed by atoms with van der Waals surface area (Å²) >= 11 is 1.18. The summed E-state index contributed by atoms with van der Waals surface area (Å²) in [4.78, 5) is 39.9. The van der Waals surface area contributed by atoms with Gasteiger partial charge in [0.15, 0.2) is 11.0 Å². The second-order valence-electron chi connectivity index (χ2n) is 8.08. The van der Waals surface area contributed by atoms with Gasteiger partial charge in [-0.3, -0.25) is 4.90 Å². The minimum absolute atomic E-state index is 0.254. The van der Waals surface area contributed by atoms with E-state index in [0.29, 0.717) is 28.2 Å². The molecule has 1 unspecified atom stereocenters.